The molecule has 0 aliphatic heterocycles. The minimum atomic E-state index is -0.995. The zero-order valence-electron chi connectivity index (χ0n) is 8.88. The highest BCUT2D eigenvalue weighted by Crippen LogP contribution is 2.12. The van der Waals surface area contributed by atoms with E-state index in [4.69, 9.17) is 5.11 Å². The third-order valence-corrected chi connectivity index (χ3v) is 1.90. The summed E-state index contributed by atoms with van der Waals surface area (Å²) in [6, 6.07) is 7.25. The van der Waals surface area contributed by atoms with Crippen LogP contribution in [0.4, 0.5) is 0 Å². The molecule has 82 valence electrons. The van der Waals surface area contributed by atoms with Gasteiger partial charge in [0.05, 0.1) is 0 Å². The summed E-state index contributed by atoms with van der Waals surface area (Å²) in [7, 11) is 0. The molecule has 1 aromatic rings. The number of carbonyl (C=O) groups excluding carboxylic acids is 1. The van der Waals surface area contributed by atoms with Gasteiger partial charge in [0.2, 0.25) is 0 Å². The zero-order chi connectivity index (χ0) is 12.0. The molecule has 0 fully saturated rings. The van der Waals surface area contributed by atoms with Gasteiger partial charge in [-0.3, -0.25) is 4.79 Å². The maximum Gasteiger partial charge on any atom is 0.328 e. The fourth-order valence-electron chi connectivity index (χ4n) is 1.18. The molecule has 0 aliphatic carbocycles. The van der Waals surface area contributed by atoms with Gasteiger partial charge < -0.3 is 5.11 Å². The van der Waals surface area contributed by atoms with Gasteiger partial charge >= 0.3 is 5.97 Å². The van der Waals surface area contributed by atoms with E-state index in [2.05, 4.69) is 0 Å². The SMILES string of the molecule is CC(=O)/C=C/c1ccccc1/C=C/C(=O)O. The van der Waals surface area contributed by atoms with Crippen molar-refractivity contribution in [2.75, 3.05) is 0 Å². The molecule has 0 unspecified atom stereocenters. The number of benzene rings is 1. The number of hydrogen-bond acceptors (Lipinski definition) is 2. The summed E-state index contributed by atoms with van der Waals surface area (Å²) in [6.07, 6.45) is 5.69. The van der Waals surface area contributed by atoms with E-state index in [1.54, 1.807) is 12.1 Å². The number of carboxylic acids is 1. The highest BCUT2D eigenvalue weighted by atomic mass is 16.4. The normalized spacial score (nSPS) is 11.1. The van der Waals surface area contributed by atoms with E-state index in [-0.39, 0.29) is 5.78 Å². The lowest BCUT2D eigenvalue weighted by atomic mass is 10.1. The van der Waals surface area contributed by atoms with Crippen LogP contribution in [0.3, 0.4) is 0 Å². The molecule has 3 heteroatoms. The Morgan fingerprint density at radius 1 is 1.06 bits per heavy atom. The Morgan fingerprint density at radius 3 is 2.00 bits per heavy atom. The number of carbonyl (C=O) groups is 2. The number of rotatable bonds is 4. The maximum atomic E-state index is 10.8. The van der Waals surface area contributed by atoms with Crippen LogP contribution >= 0.6 is 0 Å². The van der Waals surface area contributed by atoms with E-state index in [0.29, 0.717) is 0 Å². The monoisotopic (exact) mass is 216 g/mol. The van der Waals surface area contributed by atoms with Gasteiger partial charge in [0.25, 0.3) is 0 Å². The van der Waals surface area contributed by atoms with Crippen LogP contribution in [0.5, 0.6) is 0 Å². The summed E-state index contributed by atoms with van der Waals surface area (Å²) in [5.41, 5.74) is 1.58. The summed E-state index contributed by atoms with van der Waals surface area (Å²) >= 11 is 0. The lowest BCUT2D eigenvalue weighted by Gasteiger charge is -1.99. The van der Waals surface area contributed by atoms with Crippen LogP contribution in [-0.2, 0) is 9.59 Å². The van der Waals surface area contributed by atoms with Crippen molar-refractivity contribution < 1.29 is 14.7 Å². The van der Waals surface area contributed by atoms with E-state index < -0.39 is 5.97 Å². The van der Waals surface area contributed by atoms with Gasteiger partial charge in [0.1, 0.15) is 0 Å². The summed E-state index contributed by atoms with van der Waals surface area (Å²) in [5.74, 6) is -1.04. The van der Waals surface area contributed by atoms with Crippen LogP contribution in [0.25, 0.3) is 12.2 Å². The van der Waals surface area contributed by atoms with Gasteiger partial charge in [-0.05, 0) is 30.2 Å². The Morgan fingerprint density at radius 2 is 1.56 bits per heavy atom. The van der Waals surface area contributed by atoms with Crippen molar-refractivity contribution in [2.24, 2.45) is 0 Å². The number of aliphatic carboxylic acids is 1. The van der Waals surface area contributed by atoms with E-state index in [0.717, 1.165) is 17.2 Å². The Hall–Kier alpha value is -2.16. The molecular weight excluding hydrogens is 204 g/mol. The molecule has 1 N–H and O–H groups in total. The van der Waals surface area contributed by atoms with Crippen LogP contribution in [-0.4, -0.2) is 16.9 Å². The van der Waals surface area contributed by atoms with Gasteiger partial charge in [0.15, 0.2) is 5.78 Å². The average molecular weight is 216 g/mol. The predicted molar refractivity (Wildman–Crippen MR) is 62.8 cm³/mol. The van der Waals surface area contributed by atoms with E-state index in [1.165, 1.54) is 19.1 Å². The summed E-state index contributed by atoms with van der Waals surface area (Å²) in [4.78, 5) is 21.2. The molecule has 1 rings (SSSR count). The molecule has 0 bridgehead atoms. The Bertz CT molecular complexity index is 413. The minimum Gasteiger partial charge on any atom is -0.478 e. The Balaban J connectivity index is 3.00. The third-order valence-electron chi connectivity index (χ3n) is 1.90. The van der Waals surface area contributed by atoms with Crippen LogP contribution in [0.15, 0.2) is 36.4 Å². The van der Waals surface area contributed by atoms with Crippen LogP contribution in [0, 0.1) is 0 Å². The molecule has 0 radical (unpaired) electrons. The number of allylic oxidation sites excluding steroid dienone is 1. The van der Waals surface area contributed by atoms with E-state index in [1.807, 2.05) is 18.2 Å². The molecule has 0 saturated heterocycles. The second-order valence-electron chi connectivity index (χ2n) is 3.24. The number of ketones is 1. The van der Waals surface area contributed by atoms with Crippen molar-refractivity contribution in [1.29, 1.82) is 0 Å². The predicted octanol–water partition coefficient (Wildman–Crippen LogP) is 2.39. The smallest absolute Gasteiger partial charge is 0.328 e. The van der Waals surface area contributed by atoms with Crippen molar-refractivity contribution in [1.82, 2.24) is 0 Å². The van der Waals surface area contributed by atoms with Crippen LogP contribution < -0.4 is 0 Å². The molecule has 1 aromatic carbocycles. The summed E-state index contributed by atoms with van der Waals surface area (Å²) in [6.45, 7) is 1.46. The lowest BCUT2D eigenvalue weighted by Crippen LogP contribution is -1.87. The summed E-state index contributed by atoms with van der Waals surface area (Å²) in [5, 5.41) is 8.52. The van der Waals surface area contributed by atoms with Gasteiger partial charge in [-0.1, -0.05) is 30.3 Å². The first-order valence-electron chi connectivity index (χ1n) is 4.78. The van der Waals surface area contributed by atoms with Gasteiger partial charge in [-0.2, -0.15) is 0 Å². The summed E-state index contributed by atoms with van der Waals surface area (Å²) < 4.78 is 0. The van der Waals surface area contributed by atoms with Gasteiger partial charge in [-0.25, -0.2) is 4.79 Å². The number of hydrogen-bond donors (Lipinski definition) is 1. The zero-order valence-corrected chi connectivity index (χ0v) is 8.88. The standard InChI is InChI=1S/C13H12O3/c1-10(14)6-7-11-4-2-3-5-12(11)8-9-13(15)16/h2-9H,1H3,(H,15,16)/b7-6+,9-8+. The molecule has 3 nitrogen and oxygen atoms in total. The topological polar surface area (TPSA) is 54.4 Å². The first kappa shape index (κ1) is 11.9. The van der Waals surface area contributed by atoms with Gasteiger partial charge in [-0.15, -0.1) is 0 Å². The molecular formula is C13H12O3. The van der Waals surface area contributed by atoms with Crippen LogP contribution in [0.1, 0.15) is 18.1 Å². The Kier molecular flexibility index (Phi) is 4.21. The second kappa shape index (κ2) is 5.66. The minimum absolute atomic E-state index is 0.0444. The molecule has 0 aromatic heterocycles. The first-order chi connectivity index (χ1) is 7.59. The molecule has 0 spiro atoms. The fraction of sp³-hybridized carbons (Fsp3) is 0.0769. The molecule has 0 atom stereocenters. The van der Waals surface area contributed by atoms with Crippen molar-refractivity contribution in [2.45, 2.75) is 6.92 Å². The van der Waals surface area contributed by atoms with E-state index >= 15 is 0 Å². The lowest BCUT2D eigenvalue weighted by molar-refractivity contribution is -0.131. The molecule has 16 heavy (non-hydrogen) atoms. The maximum absolute atomic E-state index is 10.8. The first-order valence-corrected chi connectivity index (χ1v) is 4.78. The van der Waals surface area contributed by atoms with Crippen LogP contribution in [0.2, 0.25) is 0 Å². The van der Waals surface area contributed by atoms with Crippen molar-refractivity contribution >= 4 is 23.9 Å². The largest absolute Gasteiger partial charge is 0.478 e. The average Bonchev–Trinajstić information content (AvgIpc) is 2.24. The van der Waals surface area contributed by atoms with Crippen molar-refractivity contribution in [3.05, 3.63) is 47.5 Å². The van der Waals surface area contributed by atoms with Crippen molar-refractivity contribution in [3.8, 4) is 0 Å². The van der Waals surface area contributed by atoms with Crippen molar-refractivity contribution in [3.63, 3.8) is 0 Å². The molecule has 0 amide bonds. The van der Waals surface area contributed by atoms with Gasteiger partial charge in [0, 0.05) is 6.08 Å². The number of carboxylic acid groups (broad SMARTS) is 1. The molecule has 0 aliphatic rings. The second-order valence-corrected chi connectivity index (χ2v) is 3.24. The quantitative estimate of drug-likeness (QED) is 0.786. The van der Waals surface area contributed by atoms with E-state index in [9.17, 15) is 9.59 Å². The molecule has 0 saturated carbocycles. The fourth-order valence-corrected chi connectivity index (χ4v) is 1.18. The third kappa shape index (κ3) is 3.92. The Labute approximate surface area is 93.7 Å². The highest BCUT2D eigenvalue weighted by Gasteiger charge is 1.95. The highest BCUT2D eigenvalue weighted by molar-refractivity contribution is 5.92. The molecule has 0 heterocycles.